The van der Waals surface area contributed by atoms with E-state index in [0.717, 1.165) is 25.4 Å². The molecule has 1 aliphatic heterocycles. The minimum atomic E-state index is 0.188. The lowest BCUT2D eigenvalue weighted by molar-refractivity contribution is -0.121. The van der Waals surface area contributed by atoms with Crippen LogP contribution in [0.5, 0.6) is 0 Å². The third-order valence-electron chi connectivity index (χ3n) is 4.17. The fourth-order valence-electron chi connectivity index (χ4n) is 3.01. The van der Waals surface area contributed by atoms with Crippen molar-refractivity contribution >= 4 is 17.7 Å². The molecular weight excluding hydrogens is 270 g/mol. The Bertz CT molecular complexity index is 274. The second-order valence-electron chi connectivity index (χ2n) is 5.92. The van der Waals surface area contributed by atoms with Crippen LogP contribution in [0.15, 0.2) is 0 Å². The van der Waals surface area contributed by atoms with Crippen LogP contribution >= 0.6 is 11.8 Å². The molecule has 0 aromatic rings. The van der Waals surface area contributed by atoms with Crippen LogP contribution in [0.3, 0.4) is 0 Å². The van der Waals surface area contributed by atoms with Crippen molar-refractivity contribution in [1.82, 2.24) is 16.0 Å². The lowest BCUT2D eigenvalue weighted by atomic mass is 10.1. The third-order valence-corrected chi connectivity index (χ3v) is 5.30. The van der Waals surface area contributed by atoms with Crippen molar-refractivity contribution in [3.8, 4) is 0 Å². The van der Waals surface area contributed by atoms with Crippen molar-refractivity contribution in [2.24, 2.45) is 0 Å². The average Bonchev–Trinajstić information content (AvgIpc) is 2.73. The minimum Gasteiger partial charge on any atom is -0.355 e. The zero-order chi connectivity index (χ0) is 14.0. The maximum atomic E-state index is 11.8. The molecule has 1 amide bonds. The van der Waals surface area contributed by atoms with Gasteiger partial charge in [-0.3, -0.25) is 4.79 Å². The van der Waals surface area contributed by atoms with E-state index in [1.54, 1.807) is 0 Å². The third kappa shape index (κ3) is 6.46. The van der Waals surface area contributed by atoms with Crippen molar-refractivity contribution < 1.29 is 4.79 Å². The predicted molar refractivity (Wildman–Crippen MR) is 86.2 cm³/mol. The number of thioether (sulfide) groups is 1. The maximum Gasteiger partial charge on any atom is 0.221 e. The molecule has 3 N–H and O–H groups in total. The Kier molecular flexibility index (Phi) is 7.76. The van der Waals surface area contributed by atoms with E-state index in [-0.39, 0.29) is 5.91 Å². The Morgan fingerprint density at radius 2 is 1.95 bits per heavy atom. The van der Waals surface area contributed by atoms with E-state index in [2.05, 4.69) is 16.0 Å². The Balaban J connectivity index is 1.50. The molecule has 1 saturated carbocycles. The highest BCUT2D eigenvalue weighted by molar-refractivity contribution is 7.99. The minimum absolute atomic E-state index is 0.188. The molecule has 0 radical (unpaired) electrons. The maximum absolute atomic E-state index is 11.8. The van der Waals surface area contributed by atoms with Gasteiger partial charge >= 0.3 is 0 Å². The molecule has 0 spiro atoms. The molecule has 1 heterocycles. The van der Waals surface area contributed by atoms with E-state index < -0.39 is 0 Å². The first-order valence-electron chi connectivity index (χ1n) is 8.16. The molecule has 0 aromatic carbocycles. The second kappa shape index (κ2) is 9.64. The van der Waals surface area contributed by atoms with Gasteiger partial charge in [-0.1, -0.05) is 25.7 Å². The summed E-state index contributed by atoms with van der Waals surface area (Å²) in [5.41, 5.74) is 0. The summed E-state index contributed by atoms with van der Waals surface area (Å²) in [5.74, 6) is 2.42. The summed E-state index contributed by atoms with van der Waals surface area (Å²) >= 11 is 1.94. The van der Waals surface area contributed by atoms with Gasteiger partial charge in [0, 0.05) is 49.6 Å². The SMILES string of the molecule is O=C(CC1CSCCN1)NCCNC1CCCCCC1. The molecule has 1 saturated heterocycles. The number of carbonyl (C=O) groups excluding carboxylic acids is 1. The van der Waals surface area contributed by atoms with E-state index in [0.29, 0.717) is 18.5 Å². The number of amides is 1. The van der Waals surface area contributed by atoms with Crippen molar-refractivity contribution in [3.63, 3.8) is 0 Å². The van der Waals surface area contributed by atoms with E-state index in [1.807, 2.05) is 11.8 Å². The molecule has 5 heteroatoms. The molecule has 2 rings (SSSR count). The zero-order valence-electron chi connectivity index (χ0n) is 12.5. The molecule has 2 aliphatic rings. The van der Waals surface area contributed by atoms with Crippen LogP contribution in [0.2, 0.25) is 0 Å². The normalized spacial score (nSPS) is 25.1. The van der Waals surface area contributed by atoms with Gasteiger partial charge in [0.1, 0.15) is 0 Å². The van der Waals surface area contributed by atoms with Crippen molar-refractivity contribution in [2.75, 3.05) is 31.1 Å². The largest absolute Gasteiger partial charge is 0.355 e. The molecule has 0 aromatic heterocycles. The summed E-state index contributed by atoms with van der Waals surface area (Å²) in [6, 6.07) is 1.04. The van der Waals surface area contributed by atoms with E-state index in [1.165, 1.54) is 44.3 Å². The quantitative estimate of drug-likeness (QED) is 0.514. The van der Waals surface area contributed by atoms with Gasteiger partial charge in [-0.15, -0.1) is 0 Å². The average molecular weight is 299 g/mol. The lowest BCUT2D eigenvalue weighted by Gasteiger charge is -2.22. The molecule has 20 heavy (non-hydrogen) atoms. The molecule has 1 aliphatic carbocycles. The van der Waals surface area contributed by atoms with Crippen LogP contribution in [-0.2, 0) is 4.79 Å². The standard InChI is InChI=1S/C15H29N3OS/c19-15(11-14-12-20-10-9-17-14)18-8-7-16-13-5-3-1-2-4-6-13/h13-14,16-17H,1-12H2,(H,18,19). The van der Waals surface area contributed by atoms with Gasteiger partial charge in [-0.25, -0.2) is 0 Å². The van der Waals surface area contributed by atoms with Crippen LogP contribution in [0.25, 0.3) is 0 Å². The fraction of sp³-hybridized carbons (Fsp3) is 0.933. The summed E-state index contributed by atoms with van der Waals surface area (Å²) in [6.07, 6.45) is 8.72. The monoisotopic (exact) mass is 299 g/mol. The number of carbonyl (C=O) groups is 1. The predicted octanol–water partition coefficient (Wildman–Crippen LogP) is 1.51. The van der Waals surface area contributed by atoms with Gasteiger partial charge in [-0.05, 0) is 12.8 Å². The van der Waals surface area contributed by atoms with Gasteiger partial charge in [0.15, 0.2) is 0 Å². The zero-order valence-corrected chi connectivity index (χ0v) is 13.3. The summed E-state index contributed by atoms with van der Waals surface area (Å²) in [7, 11) is 0. The summed E-state index contributed by atoms with van der Waals surface area (Å²) in [6.45, 7) is 2.70. The van der Waals surface area contributed by atoms with E-state index in [4.69, 9.17) is 0 Å². The highest BCUT2D eigenvalue weighted by atomic mass is 32.2. The molecule has 2 fully saturated rings. The summed E-state index contributed by atoms with van der Waals surface area (Å²) < 4.78 is 0. The van der Waals surface area contributed by atoms with Gasteiger partial charge in [-0.2, -0.15) is 11.8 Å². The van der Waals surface area contributed by atoms with Gasteiger partial charge < -0.3 is 16.0 Å². The van der Waals surface area contributed by atoms with Crippen LogP contribution in [0, 0.1) is 0 Å². The van der Waals surface area contributed by atoms with Crippen LogP contribution in [-0.4, -0.2) is 49.1 Å². The Morgan fingerprint density at radius 3 is 2.65 bits per heavy atom. The molecule has 0 bridgehead atoms. The highest BCUT2D eigenvalue weighted by Crippen LogP contribution is 2.16. The molecule has 4 nitrogen and oxygen atoms in total. The first-order chi connectivity index (χ1) is 9.84. The van der Waals surface area contributed by atoms with E-state index in [9.17, 15) is 4.79 Å². The summed E-state index contributed by atoms with van der Waals surface area (Å²) in [5, 5.41) is 10.0. The van der Waals surface area contributed by atoms with E-state index >= 15 is 0 Å². The van der Waals surface area contributed by atoms with Crippen LogP contribution in [0.4, 0.5) is 0 Å². The van der Waals surface area contributed by atoms with Gasteiger partial charge in [0.2, 0.25) is 5.91 Å². The van der Waals surface area contributed by atoms with Crippen molar-refractivity contribution in [1.29, 1.82) is 0 Å². The highest BCUT2D eigenvalue weighted by Gasteiger charge is 2.16. The lowest BCUT2D eigenvalue weighted by Crippen LogP contribution is -2.43. The molecule has 1 atom stereocenters. The Labute approximate surface area is 127 Å². The van der Waals surface area contributed by atoms with Crippen molar-refractivity contribution in [3.05, 3.63) is 0 Å². The van der Waals surface area contributed by atoms with Crippen molar-refractivity contribution in [2.45, 2.75) is 57.0 Å². The second-order valence-corrected chi connectivity index (χ2v) is 7.07. The topological polar surface area (TPSA) is 53.2 Å². The van der Waals surface area contributed by atoms with Crippen LogP contribution < -0.4 is 16.0 Å². The Morgan fingerprint density at radius 1 is 1.15 bits per heavy atom. The molecular formula is C15H29N3OS. The molecule has 1 unspecified atom stereocenters. The summed E-state index contributed by atoms with van der Waals surface area (Å²) in [4.78, 5) is 11.8. The first-order valence-corrected chi connectivity index (χ1v) is 9.31. The first kappa shape index (κ1) is 16.1. The number of hydrogen-bond donors (Lipinski definition) is 3. The van der Waals surface area contributed by atoms with Crippen LogP contribution in [0.1, 0.15) is 44.9 Å². The fourth-order valence-corrected chi connectivity index (χ4v) is 3.96. The number of nitrogens with one attached hydrogen (secondary N) is 3. The van der Waals surface area contributed by atoms with Gasteiger partial charge in [0.25, 0.3) is 0 Å². The number of rotatable bonds is 6. The van der Waals surface area contributed by atoms with Gasteiger partial charge in [0.05, 0.1) is 0 Å². The molecule has 116 valence electrons. The Hall–Kier alpha value is -0.260. The smallest absolute Gasteiger partial charge is 0.221 e. The number of hydrogen-bond acceptors (Lipinski definition) is 4.